The highest BCUT2D eigenvalue weighted by Gasteiger charge is 2.20. The zero-order valence-corrected chi connectivity index (χ0v) is 10.5. The number of ether oxygens (including phenoxy) is 1. The molecular weight excluding hydrogens is 217 g/mol. The van der Waals surface area contributed by atoms with Crippen LogP contribution in [0, 0.1) is 11.7 Å². The third kappa shape index (κ3) is 2.97. The third-order valence-corrected chi connectivity index (χ3v) is 3.50. The number of halogens is 1. The van der Waals surface area contributed by atoms with Crippen LogP contribution in [0.3, 0.4) is 0 Å². The summed E-state index contributed by atoms with van der Waals surface area (Å²) in [6.07, 6.45) is 3.06. The number of benzene rings is 1. The minimum absolute atomic E-state index is 0.193. The van der Waals surface area contributed by atoms with E-state index in [0.717, 1.165) is 31.4 Å². The fraction of sp³-hybridized carbons (Fsp3) is 0.571. The molecule has 17 heavy (non-hydrogen) atoms. The SMILES string of the molecule is COc1cccc(CC2CCNC(C)C2)c1F. The zero-order valence-electron chi connectivity index (χ0n) is 10.5. The predicted molar refractivity (Wildman–Crippen MR) is 66.8 cm³/mol. The lowest BCUT2D eigenvalue weighted by Gasteiger charge is -2.28. The number of hydrogen-bond donors (Lipinski definition) is 1. The Kier molecular flexibility index (Phi) is 4.00. The van der Waals surface area contributed by atoms with E-state index in [-0.39, 0.29) is 5.82 Å². The van der Waals surface area contributed by atoms with Crippen molar-refractivity contribution in [3.8, 4) is 5.75 Å². The highest BCUT2D eigenvalue weighted by Crippen LogP contribution is 2.26. The first-order valence-electron chi connectivity index (χ1n) is 6.25. The zero-order chi connectivity index (χ0) is 12.3. The van der Waals surface area contributed by atoms with Gasteiger partial charge in [0.1, 0.15) is 0 Å². The molecule has 0 aliphatic carbocycles. The molecule has 94 valence electrons. The Labute approximate surface area is 102 Å². The van der Waals surface area contributed by atoms with E-state index in [0.29, 0.717) is 17.7 Å². The van der Waals surface area contributed by atoms with Crippen LogP contribution in [0.1, 0.15) is 25.3 Å². The molecule has 1 heterocycles. The van der Waals surface area contributed by atoms with Crippen molar-refractivity contribution in [2.75, 3.05) is 13.7 Å². The number of nitrogens with one attached hydrogen (secondary N) is 1. The van der Waals surface area contributed by atoms with Crippen molar-refractivity contribution in [3.05, 3.63) is 29.6 Å². The second-order valence-corrected chi connectivity index (χ2v) is 4.88. The van der Waals surface area contributed by atoms with E-state index in [1.807, 2.05) is 12.1 Å². The summed E-state index contributed by atoms with van der Waals surface area (Å²) >= 11 is 0. The normalized spacial score (nSPS) is 24.6. The molecule has 1 aliphatic rings. The molecule has 1 aromatic rings. The number of piperidine rings is 1. The van der Waals surface area contributed by atoms with E-state index in [9.17, 15) is 4.39 Å². The molecule has 2 atom stereocenters. The molecule has 0 radical (unpaired) electrons. The monoisotopic (exact) mass is 237 g/mol. The van der Waals surface area contributed by atoms with Crippen molar-refractivity contribution in [1.29, 1.82) is 0 Å². The lowest BCUT2D eigenvalue weighted by molar-refractivity contribution is 0.309. The summed E-state index contributed by atoms with van der Waals surface area (Å²) in [6, 6.07) is 5.94. The maximum absolute atomic E-state index is 14.0. The van der Waals surface area contributed by atoms with Crippen molar-refractivity contribution in [2.45, 2.75) is 32.2 Å². The van der Waals surface area contributed by atoms with Gasteiger partial charge in [0.2, 0.25) is 0 Å². The summed E-state index contributed by atoms with van der Waals surface area (Å²) in [6.45, 7) is 3.23. The molecule has 1 N–H and O–H groups in total. The molecule has 0 saturated carbocycles. The Morgan fingerprint density at radius 1 is 1.47 bits per heavy atom. The van der Waals surface area contributed by atoms with Gasteiger partial charge in [0.25, 0.3) is 0 Å². The Morgan fingerprint density at radius 2 is 2.29 bits per heavy atom. The molecule has 1 aromatic carbocycles. The van der Waals surface area contributed by atoms with Gasteiger partial charge in [0.15, 0.2) is 11.6 Å². The van der Waals surface area contributed by atoms with Crippen LogP contribution in [0.15, 0.2) is 18.2 Å². The standard InChI is InChI=1S/C14H20FNO/c1-10-8-11(6-7-16-10)9-12-4-3-5-13(17-2)14(12)15/h3-5,10-11,16H,6-9H2,1-2H3. The van der Waals surface area contributed by atoms with Gasteiger partial charge >= 0.3 is 0 Å². The minimum atomic E-state index is -0.193. The Morgan fingerprint density at radius 3 is 3.00 bits per heavy atom. The van der Waals surface area contributed by atoms with Gasteiger partial charge < -0.3 is 10.1 Å². The van der Waals surface area contributed by atoms with Crippen LogP contribution < -0.4 is 10.1 Å². The van der Waals surface area contributed by atoms with E-state index < -0.39 is 0 Å². The van der Waals surface area contributed by atoms with Gasteiger partial charge in [-0.3, -0.25) is 0 Å². The van der Waals surface area contributed by atoms with Crippen LogP contribution in [0.2, 0.25) is 0 Å². The maximum Gasteiger partial charge on any atom is 0.168 e. The molecular formula is C14H20FNO. The fourth-order valence-corrected chi connectivity index (χ4v) is 2.60. The Hall–Kier alpha value is -1.09. The summed E-state index contributed by atoms with van der Waals surface area (Å²) in [5.41, 5.74) is 0.781. The largest absolute Gasteiger partial charge is 0.494 e. The van der Waals surface area contributed by atoms with Gasteiger partial charge in [-0.15, -0.1) is 0 Å². The van der Waals surface area contributed by atoms with Gasteiger partial charge in [-0.2, -0.15) is 0 Å². The molecule has 1 aliphatic heterocycles. The molecule has 0 spiro atoms. The van der Waals surface area contributed by atoms with Gasteiger partial charge in [-0.25, -0.2) is 4.39 Å². The third-order valence-electron chi connectivity index (χ3n) is 3.50. The van der Waals surface area contributed by atoms with Crippen LogP contribution in [0.5, 0.6) is 5.75 Å². The highest BCUT2D eigenvalue weighted by atomic mass is 19.1. The second kappa shape index (κ2) is 5.50. The molecule has 2 unspecified atom stereocenters. The fourth-order valence-electron chi connectivity index (χ4n) is 2.60. The molecule has 3 heteroatoms. The Balaban J connectivity index is 2.07. The number of methoxy groups -OCH3 is 1. The van der Waals surface area contributed by atoms with Crippen molar-refractivity contribution >= 4 is 0 Å². The molecule has 1 fully saturated rings. The first-order chi connectivity index (χ1) is 8.20. The van der Waals surface area contributed by atoms with Crippen molar-refractivity contribution < 1.29 is 9.13 Å². The van der Waals surface area contributed by atoms with Gasteiger partial charge in [0.05, 0.1) is 7.11 Å². The first kappa shape index (κ1) is 12.4. The molecule has 0 aromatic heterocycles. The van der Waals surface area contributed by atoms with E-state index in [1.165, 1.54) is 7.11 Å². The summed E-state index contributed by atoms with van der Waals surface area (Å²) in [4.78, 5) is 0. The molecule has 2 rings (SSSR count). The lowest BCUT2D eigenvalue weighted by Crippen LogP contribution is -2.36. The summed E-state index contributed by atoms with van der Waals surface area (Å²) in [5, 5.41) is 3.42. The summed E-state index contributed by atoms with van der Waals surface area (Å²) in [5.74, 6) is 0.735. The average molecular weight is 237 g/mol. The van der Waals surface area contributed by atoms with Crippen LogP contribution in [0.4, 0.5) is 4.39 Å². The van der Waals surface area contributed by atoms with Gasteiger partial charge in [-0.1, -0.05) is 12.1 Å². The van der Waals surface area contributed by atoms with Crippen LogP contribution in [-0.2, 0) is 6.42 Å². The second-order valence-electron chi connectivity index (χ2n) is 4.88. The van der Waals surface area contributed by atoms with E-state index in [1.54, 1.807) is 6.07 Å². The number of hydrogen-bond acceptors (Lipinski definition) is 2. The Bertz CT molecular complexity index is 380. The summed E-state index contributed by atoms with van der Waals surface area (Å²) in [7, 11) is 1.51. The molecule has 1 saturated heterocycles. The number of rotatable bonds is 3. The molecule has 0 amide bonds. The predicted octanol–water partition coefficient (Wildman–Crippen LogP) is 2.76. The molecule has 2 nitrogen and oxygen atoms in total. The van der Waals surface area contributed by atoms with Crippen LogP contribution in [0.25, 0.3) is 0 Å². The van der Waals surface area contributed by atoms with Crippen LogP contribution in [-0.4, -0.2) is 19.7 Å². The maximum atomic E-state index is 14.0. The average Bonchev–Trinajstić information content (AvgIpc) is 2.32. The van der Waals surface area contributed by atoms with Gasteiger partial charge in [0, 0.05) is 6.04 Å². The van der Waals surface area contributed by atoms with E-state index in [4.69, 9.17) is 4.74 Å². The van der Waals surface area contributed by atoms with Crippen molar-refractivity contribution in [2.24, 2.45) is 5.92 Å². The van der Waals surface area contributed by atoms with Gasteiger partial charge in [-0.05, 0) is 50.3 Å². The lowest BCUT2D eigenvalue weighted by atomic mass is 9.87. The smallest absolute Gasteiger partial charge is 0.168 e. The topological polar surface area (TPSA) is 21.3 Å². The van der Waals surface area contributed by atoms with Crippen molar-refractivity contribution in [3.63, 3.8) is 0 Å². The first-order valence-corrected chi connectivity index (χ1v) is 6.25. The minimum Gasteiger partial charge on any atom is -0.494 e. The van der Waals surface area contributed by atoms with E-state index >= 15 is 0 Å². The molecule has 0 bridgehead atoms. The summed E-state index contributed by atoms with van der Waals surface area (Å²) < 4.78 is 19.0. The van der Waals surface area contributed by atoms with Crippen LogP contribution >= 0.6 is 0 Å². The highest BCUT2D eigenvalue weighted by molar-refractivity contribution is 5.31. The van der Waals surface area contributed by atoms with Crippen molar-refractivity contribution in [1.82, 2.24) is 5.32 Å². The van der Waals surface area contributed by atoms with E-state index in [2.05, 4.69) is 12.2 Å². The quantitative estimate of drug-likeness (QED) is 0.872.